The molecule has 2 aromatic carbocycles. The lowest BCUT2D eigenvalue weighted by atomic mass is 10.1. The van der Waals surface area contributed by atoms with Gasteiger partial charge in [0.05, 0.1) is 5.25 Å². The van der Waals surface area contributed by atoms with Crippen molar-refractivity contribution in [3.63, 3.8) is 0 Å². The van der Waals surface area contributed by atoms with Gasteiger partial charge in [-0.05, 0) is 37.1 Å². The maximum atomic E-state index is 13.2. The summed E-state index contributed by atoms with van der Waals surface area (Å²) in [5, 5.41) is 9.04. The molecule has 1 atom stereocenters. The molecule has 2 N–H and O–H groups in total. The van der Waals surface area contributed by atoms with Crippen LogP contribution in [0.2, 0.25) is 0 Å². The number of hydrogen-bond donors (Lipinski definition) is 2. The lowest BCUT2D eigenvalue weighted by Crippen LogP contribution is -2.24. The molecule has 0 aliphatic carbocycles. The Labute approximate surface area is 159 Å². The van der Waals surface area contributed by atoms with Crippen LogP contribution in [0.3, 0.4) is 0 Å². The van der Waals surface area contributed by atoms with E-state index in [9.17, 15) is 14.0 Å². The van der Waals surface area contributed by atoms with E-state index < -0.39 is 11.1 Å². The maximum Gasteiger partial charge on any atom is 0.343 e. The topological polar surface area (TPSA) is 79.8 Å². The predicted octanol–water partition coefficient (Wildman–Crippen LogP) is 3.07. The average molecular weight is 386 g/mol. The van der Waals surface area contributed by atoms with Gasteiger partial charge in [-0.3, -0.25) is 9.36 Å². The van der Waals surface area contributed by atoms with Crippen LogP contribution in [0.4, 0.5) is 10.1 Å². The van der Waals surface area contributed by atoms with E-state index in [2.05, 4.69) is 15.5 Å². The number of nitrogens with one attached hydrogen (secondary N) is 2. The van der Waals surface area contributed by atoms with Crippen molar-refractivity contribution in [2.45, 2.75) is 30.3 Å². The highest BCUT2D eigenvalue weighted by Gasteiger charge is 2.19. The van der Waals surface area contributed by atoms with Gasteiger partial charge in [0.15, 0.2) is 5.16 Å². The van der Waals surface area contributed by atoms with Crippen LogP contribution in [0.25, 0.3) is 0 Å². The summed E-state index contributed by atoms with van der Waals surface area (Å²) in [4.78, 5) is 24.4. The largest absolute Gasteiger partial charge is 0.343 e. The first-order valence-corrected chi connectivity index (χ1v) is 9.33. The number of carbonyl (C=O) groups is 1. The summed E-state index contributed by atoms with van der Waals surface area (Å²) in [6.45, 7) is 2.17. The number of aromatic amines is 1. The number of aryl methyl sites for hydroxylation is 1. The number of benzene rings is 2. The van der Waals surface area contributed by atoms with Gasteiger partial charge in [0.2, 0.25) is 5.91 Å². The number of amides is 1. The van der Waals surface area contributed by atoms with Crippen LogP contribution in [0.1, 0.15) is 12.5 Å². The van der Waals surface area contributed by atoms with Crippen LogP contribution in [0.15, 0.2) is 64.5 Å². The minimum atomic E-state index is -0.515. The molecule has 0 saturated heterocycles. The minimum Gasteiger partial charge on any atom is -0.325 e. The van der Waals surface area contributed by atoms with Crippen LogP contribution in [0.5, 0.6) is 0 Å². The van der Waals surface area contributed by atoms with Gasteiger partial charge in [-0.1, -0.05) is 48.2 Å². The van der Waals surface area contributed by atoms with Gasteiger partial charge in [-0.2, -0.15) is 0 Å². The van der Waals surface area contributed by atoms with E-state index in [-0.39, 0.29) is 11.6 Å². The second kappa shape index (κ2) is 8.68. The highest BCUT2D eigenvalue weighted by atomic mass is 32.2. The fraction of sp³-hybridized carbons (Fsp3) is 0.211. The van der Waals surface area contributed by atoms with E-state index in [1.807, 2.05) is 30.3 Å². The molecule has 0 fully saturated rings. The van der Waals surface area contributed by atoms with Crippen molar-refractivity contribution in [3.8, 4) is 0 Å². The molecule has 27 heavy (non-hydrogen) atoms. The van der Waals surface area contributed by atoms with E-state index in [1.54, 1.807) is 13.0 Å². The molecule has 1 amide bonds. The Morgan fingerprint density at radius 1 is 1.26 bits per heavy atom. The number of carbonyl (C=O) groups excluding carboxylic acids is 1. The van der Waals surface area contributed by atoms with E-state index in [0.29, 0.717) is 23.8 Å². The number of thioether (sulfide) groups is 1. The van der Waals surface area contributed by atoms with Crippen molar-refractivity contribution >= 4 is 23.4 Å². The van der Waals surface area contributed by atoms with E-state index in [0.717, 1.165) is 5.56 Å². The third kappa shape index (κ3) is 5.07. The molecule has 0 radical (unpaired) electrons. The predicted molar refractivity (Wildman–Crippen MR) is 103 cm³/mol. The van der Waals surface area contributed by atoms with Gasteiger partial charge in [-0.25, -0.2) is 14.3 Å². The zero-order valence-corrected chi connectivity index (χ0v) is 15.5. The lowest BCUT2D eigenvalue weighted by molar-refractivity contribution is -0.115. The molecule has 0 bridgehead atoms. The lowest BCUT2D eigenvalue weighted by Gasteiger charge is -2.12. The third-order valence-corrected chi connectivity index (χ3v) is 5.02. The fourth-order valence-electron chi connectivity index (χ4n) is 2.50. The van der Waals surface area contributed by atoms with Gasteiger partial charge in [0, 0.05) is 12.2 Å². The van der Waals surface area contributed by atoms with E-state index >= 15 is 0 Å². The van der Waals surface area contributed by atoms with Crippen molar-refractivity contribution in [1.29, 1.82) is 0 Å². The standard InChI is InChI=1S/C19H19FN4O2S/c1-13(17(25)21-16-9-5-8-15(20)12-16)27-19-23-22-18(26)24(19)11-10-14-6-3-2-4-7-14/h2-9,12-13H,10-11H2,1H3,(H,21,25)(H,22,26)/t13-/m1/s1. The Kier molecular flexibility index (Phi) is 6.08. The van der Waals surface area contributed by atoms with Crippen molar-refractivity contribution in [2.24, 2.45) is 0 Å². The molecule has 0 saturated carbocycles. The molecule has 6 nitrogen and oxygen atoms in total. The molecule has 1 heterocycles. The third-order valence-electron chi connectivity index (χ3n) is 3.93. The quantitative estimate of drug-likeness (QED) is 0.612. The highest BCUT2D eigenvalue weighted by molar-refractivity contribution is 8.00. The summed E-state index contributed by atoms with van der Waals surface area (Å²) < 4.78 is 14.8. The average Bonchev–Trinajstić information content (AvgIpc) is 3.00. The molecular formula is C19H19FN4O2S. The van der Waals surface area contributed by atoms with Crippen molar-refractivity contribution in [1.82, 2.24) is 14.8 Å². The van der Waals surface area contributed by atoms with Crippen molar-refractivity contribution in [3.05, 3.63) is 76.5 Å². The van der Waals surface area contributed by atoms with Gasteiger partial charge >= 0.3 is 5.69 Å². The molecule has 0 spiro atoms. The molecular weight excluding hydrogens is 367 g/mol. The summed E-state index contributed by atoms with van der Waals surface area (Å²) in [5.74, 6) is -0.717. The number of anilines is 1. The SMILES string of the molecule is C[C@@H](Sc1n[nH]c(=O)n1CCc1ccccc1)C(=O)Nc1cccc(F)c1. The van der Waals surface area contributed by atoms with Gasteiger partial charge in [0.1, 0.15) is 5.82 Å². The van der Waals surface area contributed by atoms with Crippen molar-refractivity contribution < 1.29 is 9.18 Å². The summed E-state index contributed by atoms with van der Waals surface area (Å²) in [7, 11) is 0. The Morgan fingerprint density at radius 3 is 2.78 bits per heavy atom. The maximum absolute atomic E-state index is 13.2. The first kappa shape index (κ1) is 18.9. The Morgan fingerprint density at radius 2 is 2.04 bits per heavy atom. The van der Waals surface area contributed by atoms with Gasteiger partial charge in [0.25, 0.3) is 0 Å². The first-order chi connectivity index (χ1) is 13.0. The van der Waals surface area contributed by atoms with Crippen LogP contribution < -0.4 is 11.0 Å². The van der Waals surface area contributed by atoms with Gasteiger partial charge in [-0.15, -0.1) is 5.10 Å². The summed E-state index contributed by atoms with van der Waals surface area (Å²) in [5.41, 5.74) is 1.18. The zero-order chi connectivity index (χ0) is 19.2. The number of halogens is 1. The van der Waals surface area contributed by atoms with Gasteiger partial charge < -0.3 is 5.32 Å². The number of H-pyrrole nitrogens is 1. The Balaban J connectivity index is 1.64. The smallest absolute Gasteiger partial charge is 0.325 e. The molecule has 0 unspecified atom stereocenters. The molecule has 1 aromatic heterocycles. The molecule has 3 aromatic rings. The molecule has 3 rings (SSSR count). The minimum absolute atomic E-state index is 0.296. The Hall–Kier alpha value is -2.87. The highest BCUT2D eigenvalue weighted by Crippen LogP contribution is 2.22. The second-order valence-electron chi connectivity index (χ2n) is 5.96. The van der Waals surface area contributed by atoms with E-state index in [4.69, 9.17) is 0 Å². The first-order valence-electron chi connectivity index (χ1n) is 8.45. The second-order valence-corrected chi connectivity index (χ2v) is 7.27. The number of nitrogens with zero attached hydrogens (tertiary/aromatic N) is 2. The van der Waals surface area contributed by atoms with Crippen LogP contribution in [-0.2, 0) is 17.8 Å². The van der Waals surface area contributed by atoms with E-state index in [1.165, 1.54) is 34.5 Å². The van der Waals surface area contributed by atoms with Crippen LogP contribution in [-0.4, -0.2) is 25.9 Å². The fourth-order valence-corrected chi connectivity index (χ4v) is 3.38. The normalized spacial score (nSPS) is 11.9. The molecule has 140 valence electrons. The monoisotopic (exact) mass is 386 g/mol. The molecule has 0 aliphatic heterocycles. The Bertz CT molecular complexity index is 971. The van der Waals surface area contributed by atoms with Crippen molar-refractivity contribution in [2.75, 3.05) is 5.32 Å². The summed E-state index contributed by atoms with van der Waals surface area (Å²) >= 11 is 1.17. The van der Waals surface area contributed by atoms with Crippen LogP contribution >= 0.6 is 11.8 Å². The number of aromatic nitrogens is 3. The number of rotatable bonds is 7. The zero-order valence-electron chi connectivity index (χ0n) is 14.7. The molecule has 0 aliphatic rings. The molecule has 8 heteroatoms. The summed E-state index contributed by atoms with van der Waals surface area (Å²) in [6, 6.07) is 15.5. The summed E-state index contributed by atoms with van der Waals surface area (Å²) in [6.07, 6.45) is 0.678. The van der Waals surface area contributed by atoms with Crippen LogP contribution in [0, 0.1) is 5.82 Å². The number of hydrogen-bond acceptors (Lipinski definition) is 4.